The van der Waals surface area contributed by atoms with Crippen LogP contribution in [0.25, 0.3) is 10.9 Å². The fraction of sp³-hybridized carbons (Fsp3) is 0.500. The number of para-hydroxylation sites is 1. The van der Waals surface area contributed by atoms with Crippen LogP contribution >= 0.6 is 0 Å². The van der Waals surface area contributed by atoms with Gasteiger partial charge in [0.25, 0.3) is 5.91 Å². The molecular weight excluding hydrogens is 658 g/mol. The van der Waals surface area contributed by atoms with E-state index in [2.05, 4.69) is 78.0 Å². The Hall–Kier alpha value is -4.11. The van der Waals surface area contributed by atoms with Gasteiger partial charge in [0.05, 0.1) is 0 Å². The second-order valence-electron chi connectivity index (χ2n) is 12.1. The number of aliphatic carboxylic acids is 2. The predicted molar refractivity (Wildman–Crippen MR) is 171 cm³/mol. The fourth-order valence-corrected chi connectivity index (χ4v) is 6.27. The number of aromatic nitrogens is 1. The van der Waals surface area contributed by atoms with Gasteiger partial charge in [-0.15, -0.1) is 0 Å². The molecule has 3 aromatic rings. The highest BCUT2D eigenvalue weighted by Gasteiger charge is 2.39. The molecule has 0 unspecified atom stereocenters. The average Bonchev–Trinajstić information content (AvgIpc) is 3.40. The molecule has 2 aromatic carbocycles. The SMILES string of the molecule is CCCN1CCN(C(=O)c2[nH]c3ccccc3c2CN2CCC(c3c(C)cccc3C)CC2)CC1.O=C(O)C(F)(F)F.O=C(O)C(F)(F)F. The van der Waals surface area contributed by atoms with Crippen LogP contribution < -0.4 is 0 Å². The van der Waals surface area contributed by atoms with Crippen LogP contribution in [-0.2, 0) is 16.1 Å². The highest BCUT2D eigenvalue weighted by atomic mass is 19.4. The van der Waals surface area contributed by atoms with Gasteiger partial charge in [0, 0.05) is 49.2 Å². The normalized spacial score (nSPS) is 16.4. The fourth-order valence-electron chi connectivity index (χ4n) is 6.27. The smallest absolute Gasteiger partial charge is 0.475 e. The van der Waals surface area contributed by atoms with Crippen molar-refractivity contribution in [3.05, 3.63) is 70.4 Å². The highest BCUT2D eigenvalue weighted by molar-refractivity contribution is 6.01. The first-order valence-corrected chi connectivity index (χ1v) is 15.9. The van der Waals surface area contributed by atoms with Gasteiger partial charge in [-0.05, 0) is 81.4 Å². The number of aryl methyl sites for hydroxylation is 2. The van der Waals surface area contributed by atoms with Gasteiger partial charge in [0.15, 0.2) is 0 Å². The number of piperidine rings is 1. The lowest BCUT2D eigenvalue weighted by atomic mass is 9.84. The molecule has 15 heteroatoms. The van der Waals surface area contributed by atoms with Crippen LogP contribution in [0.4, 0.5) is 26.3 Å². The molecule has 2 aliphatic heterocycles. The van der Waals surface area contributed by atoms with Gasteiger partial charge in [0.2, 0.25) is 0 Å². The van der Waals surface area contributed by atoms with Gasteiger partial charge in [-0.3, -0.25) is 14.6 Å². The number of halogens is 6. The standard InChI is InChI=1S/C30H40N4O.2C2HF3O2/c1-4-14-32-17-19-34(20-18-32)30(35)29-26(25-10-5-6-11-27(25)31-29)21-33-15-12-24(13-16-33)28-22(2)8-7-9-23(28)3;2*3-2(4,5)1(6)7/h5-11,24,31H,4,12-21H2,1-3H3;2*(H,6,7). The molecule has 0 saturated carbocycles. The topological polar surface area (TPSA) is 117 Å². The maximum absolute atomic E-state index is 13.7. The summed E-state index contributed by atoms with van der Waals surface area (Å²) in [6.07, 6.45) is -6.65. The quantitative estimate of drug-likeness (QED) is 0.248. The minimum absolute atomic E-state index is 0.165. The van der Waals surface area contributed by atoms with Crippen LogP contribution in [0.15, 0.2) is 42.5 Å². The lowest BCUT2D eigenvalue weighted by molar-refractivity contribution is -0.193. The van der Waals surface area contributed by atoms with Gasteiger partial charge in [0.1, 0.15) is 5.69 Å². The number of hydrogen-bond acceptors (Lipinski definition) is 5. The van der Waals surface area contributed by atoms with E-state index in [4.69, 9.17) is 19.8 Å². The molecule has 9 nitrogen and oxygen atoms in total. The number of benzene rings is 2. The molecule has 3 N–H and O–H groups in total. The number of carbonyl (C=O) groups is 3. The van der Waals surface area contributed by atoms with E-state index in [0.29, 0.717) is 5.92 Å². The van der Waals surface area contributed by atoms with Crippen molar-refractivity contribution in [3.63, 3.8) is 0 Å². The van der Waals surface area contributed by atoms with Crippen LogP contribution in [0.5, 0.6) is 0 Å². The first-order valence-electron chi connectivity index (χ1n) is 15.9. The number of nitrogens with zero attached hydrogens (tertiary/aromatic N) is 3. The molecule has 2 saturated heterocycles. The Morgan fingerprint density at radius 3 is 1.78 bits per heavy atom. The summed E-state index contributed by atoms with van der Waals surface area (Å²) in [6, 6.07) is 15.1. The van der Waals surface area contributed by atoms with Gasteiger partial charge in [-0.2, -0.15) is 26.3 Å². The maximum Gasteiger partial charge on any atom is 0.490 e. The molecule has 0 aliphatic carbocycles. The van der Waals surface area contributed by atoms with Crippen molar-refractivity contribution >= 4 is 28.7 Å². The summed E-state index contributed by atoms with van der Waals surface area (Å²) in [5.74, 6) is -4.71. The highest BCUT2D eigenvalue weighted by Crippen LogP contribution is 2.34. The summed E-state index contributed by atoms with van der Waals surface area (Å²) >= 11 is 0. The number of fused-ring (bicyclic) bond motifs is 1. The zero-order chi connectivity index (χ0) is 36.5. The van der Waals surface area contributed by atoms with Crippen molar-refractivity contribution in [1.82, 2.24) is 19.7 Å². The third-order valence-electron chi connectivity index (χ3n) is 8.63. The number of amides is 1. The van der Waals surface area contributed by atoms with Crippen LogP contribution in [0.3, 0.4) is 0 Å². The van der Waals surface area contributed by atoms with Crippen LogP contribution in [0.2, 0.25) is 0 Å². The number of likely N-dealkylation sites (tertiary alicyclic amines) is 1. The zero-order valence-electron chi connectivity index (χ0n) is 27.6. The van der Waals surface area contributed by atoms with E-state index in [-0.39, 0.29) is 5.91 Å². The number of rotatable bonds is 6. The third kappa shape index (κ3) is 10.9. The van der Waals surface area contributed by atoms with Crippen LogP contribution in [0.1, 0.15) is 64.8 Å². The Morgan fingerprint density at radius 2 is 1.29 bits per heavy atom. The van der Waals surface area contributed by atoms with Gasteiger partial charge >= 0.3 is 24.3 Å². The predicted octanol–water partition coefficient (Wildman–Crippen LogP) is 6.60. The number of nitrogens with one attached hydrogen (secondary N) is 1. The van der Waals surface area contributed by atoms with Gasteiger partial charge < -0.3 is 20.1 Å². The average molecular weight is 701 g/mol. The van der Waals surface area contributed by atoms with E-state index in [0.717, 1.165) is 63.6 Å². The lowest BCUT2D eigenvalue weighted by Gasteiger charge is -2.35. The van der Waals surface area contributed by atoms with Gasteiger partial charge in [-0.25, -0.2) is 9.59 Å². The Kier molecular flexibility index (Phi) is 13.7. The minimum Gasteiger partial charge on any atom is -0.475 e. The molecule has 2 aliphatic rings. The molecule has 1 amide bonds. The summed E-state index contributed by atoms with van der Waals surface area (Å²) < 4.78 is 63.5. The number of carboxylic acid groups (broad SMARTS) is 2. The van der Waals surface area contributed by atoms with Crippen molar-refractivity contribution in [2.75, 3.05) is 45.8 Å². The molecule has 0 spiro atoms. The molecule has 270 valence electrons. The second-order valence-corrected chi connectivity index (χ2v) is 12.1. The first kappa shape index (κ1) is 39.3. The Labute approximate surface area is 280 Å². The number of carbonyl (C=O) groups excluding carboxylic acids is 1. The monoisotopic (exact) mass is 700 g/mol. The van der Waals surface area contributed by atoms with E-state index in [1.54, 1.807) is 5.56 Å². The molecule has 1 aromatic heterocycles. The van der Waals surface area contributed by atoms with Crippen LogP contribution in [-0.4, -0.2) is 106 Å². The number of aromatic amines is 1. The number of piperazine rings is 1. The second kappa shape index (κ2) is 17.0. The largest absolute Gasteiger partial charge is 0.490 e. The molecule has 3 heterocycles. The van der Waals surface area contributed by atoms with Crippen molar-refractivity contribution in [2.45, 2.75) is 64.8 Å². The third-order valence-corrected chi connectivity index (χ3v) is 8.63. The number of H-pyrrole nitrogens is 1. The van der Waals surface area contributed by atoms with Gasteiger partial charge in [-0.1, -0.05) is 43.3 Å². The van der Waals surface area contributed by atoms with Crippen molar-refractivity contribution in [2.24, 2.45) is 0 Å². The molecule has 0 bridgehead atoms. The van der Waals surface area contributed by atoms with E-state index in [1.807, 2.05) is 4.90 Å². The van der Waals surface area contributed by atoms with Crippen molar-refractivity contribution < 1.29 is 50.9 Å². The van der Waals surface area contributed by atoms with E-state index >= 15 is 0 Å². The molecule has 5 rings (SSSR count). The summed E-state index contributed by atoms with van der Waals surface area (Å²) in [5.41, 5.74) is 7.44. The molecule has 0 atom stereocenters. The molecule has 2 fully saturated rings. The molecular formula is C34H42F6N4O5. The first-order chi connectivity index (χ1) is 22.9. The van der Waals surface area contributed by atoms with Crippen molar-refractivity contribution in [3.8, 4) is 0 Å². The zero-order valence-corrected chi connectivity index (χ0v) is 27.6. The van der Waals surface area contributed by atoms with Crippen molar-refractivity contribution in [1.29, 1.82) is 0 Å². The summed E-state index contributed by atoms with van der Waals surface area (Å²) in [4.78, 5) is 42.0. The Morgan fingerprint density at radius 1 is 0.776 bits per heavy atom. The Bertz CT molecular complexity index is 1530. The lowest BCUT2D eigenvalue weighted by Crippen LogP contribution is -2.49. The summed E-state index contributed by atoms with van der Waals surface area (Å²) in [6.45, 7) is 14.4. The maximum atomic E-state index is 13.7. The summed E-state index contributed by atoms with van der Waals surface area (Å²) in [5, 5.41) is 15.4. The van der Waals surface area contributed by atoms with E-state index < -0.39 is 24.3 Å². The Balaban J connectivity index is 0.000000392. The van der Waals surface area contributed by atoms with E-state index in [1.165, 1.54) is 41.3 Å². The molecule has 0 radical (unpaired) electrons. The van der Waals surface area contributed by atoms with Crippen LogP contribution in [0, 0.1) is 13.8 Å². The van der Waals surface area contributed by atoms with E-state index in [9.17, 15) is 31.1 Å². The molecule has 49 heavy (non-hydrogen) atoms. The number of alkyl halides is 6. The number of carboxylic acids is 2. The summed E-state index contributed by atoms with van der Waals surface area (Å²) in [7, 11) is 0. The minimum atomic E-state index is -5.08. The number of hydrogen-bond donors (Lipinski definition) is 3.